The molecule has 0 radical (unpaired) electrons. The SMILES string of the molecule is CCC1(C)CCC(=O)N=C1OC. The maximum Gasteiger partial charge on any atom is 0.248 e. The zero-order valence-corrected chi connectivity index (χ0v) is 7.89. The number of hydrogen-bond donors (Lipinski definition) is 0. The largest absolute Gasteiger partial charge is 0.484 e. The molecule has 1 rings (SSSR count). The summed E-state index contributed by atoms with van der Waals surface area (Å²) in [6.45, 7) is 4.17. The van der Waals surface area contributed by atoms with E-state index in [2.05, 4.69) is 18.8 Å². The molecule has 1 unspecified atom stereocenters. The Balaban J connectivity index is 2.91. The van der Waals surface area contributed by atoms with E-state index in [1.807, 2.05) is 0 Å². The monoisotopic (exact) mass is 169 g/mol. The van der Waals surface area contributed by atoms with Gasteiger partial charge in [-0.1, -0.05) is 13.8 Å². The molecule has 0 saturated heterocycles. The van der Waals surface area contributed by atoms with Crippen LogP contribution in [0.2, 0.25) is 0 Å². The Labute approximate surface area is 72.8 Å². The second kappa shape index (κ2) is 3.25. The minimum Gasteiger partial charge on any atom is -0.484 e. The molecule has 0 aromatic heterocycles. The number of rotatable bonds is 1. The van der Waals surface area contributed by atoms with Crippen LogP contribution in [0.15, 0.2) is 4.99 Å². The van der Waals surface area contributed by atoms with E-state index in [0.717, 1.165) is 12.8 Å². The molecule has 1 amide bonds. The second-order valence-corrected chi connectivity index (χ2v) is 3.43. The van der Waals surface area contributed by atoms with Crippen molar-refractivity contribution in [1.82, 2.24) is 0 Å². The number of ether oxygens (including phenoxy) is 1. The first-order valence-electron chi connectivity index (χ1n) is 4.28. The maximum atomic E-state index is 11.0. The van der Waals surface area contributed by atoms with Gasteiger partial charge < -0.3 is 4.74 Å². The number of hydrogen-bond acceptors (Lipinski definition) is 2. The van der Waals surface area contributed by atoms with E-state index in [-0.39, 0.29) is 11.3 Å². The van der Waals surface area contributed by atoms with Gasteiger partial charge in [-0.3, -0.25) is 4.79 Å². The van der Waals surface area contributed by atoms with E-state index in [1.165, 1.54) is 0 Å². The number of amides is 1. The normalized spacial score (nSPS) is 29.9. The standard InChI is InChI=1S/C9H15NO2/c1-4-9(2)6-5-7(11)10-8(9)12-3/h4-6H2,1-3H3. The Morgan fingerprint density at radius 1 is 1.67 bits per heavy atom. The molecule has 3 nitrogen and oxygen atoms in total. The third-order valence-electron chi connectivity index (χ3n) is 2.61. The first-order valence-corrected chi connectivity index (χ1v) is 4.28. The van der Waals surface area contributed by atoms with E-state index in [9.17, 15) is 4.79 Å². The predicted octanol–water partition coefficient (Wildman–Crippen LogP) is 1.77. The molecule has 1 aliphatic rings. The number of nitrogens with zero attached hydrogens (tertiary/aromatic N) is 1. The molecule has 0 saturated carbocycles. The highest BCUT2D eigenvalue weighted by molar-refractivity contribution is 5.96. The first-order chi connectivity index (χ1) is 5.62. The third kappa shape index (κ3) is 1.49. The smallest absolute Gasteiger partial charge is 0.248 e. The topological polar surface area (TPSA) is 38.7 Å². The number of aliphatic imine (C=N–C) groups is 1. The fraction of sp³-hybridized carbons (Fsp3) is 0.778. The molecule has 0 aliphatic carbocycles. The Bertz CT molecular complexity index is 223. The lowest BCUT2D eigenvalue weighted by Crippen LogP contribution is -2.33. The van der Waals surface area contributed by atoms with E-state index in [4.69, 9.17) is 4.74 Å². The van der Waals surface area contributed by atoms with Crippen LogP contribution < -0.4 is 0 Å². The van der Waals surface area contributed by atoms with Gasteiger partial charge in [0.05, 0.1) is 7.11 Å². The van der Waals surface area contributed by atoms with Crippen LogP contribution in [0.3, 0.4) is 0 Å². The Morgan fingerprint density at radius 3 is 2.83 bits per heavy atom. The summed E-state index contributed by atoms with van der Waals surface area (Å²) >= 11 is 0. The average molecular weight is 169 g/mol. The zero-order chi connectivity index (χ0) is 9.19. The van der Waals surface area contributed by atoms with Crippen molar-refractivity contribution in [2.75, 3.05) is 7.11 Å². The summed E-state index contributed by atoms with van der Waals surface area (Å²) in [5.74, 6) is 0.541. The van der Waals surface area contributed by atoms with Gasteiger partial charge in [-0.25, -0.2) is 0 Å². The van der Waals surface area contributed by atoms with Gasteiger partial charge in [-0.15, -0.1) is 0 Å². The highest BCUT2D eigenvalue weighted by atomic mass is 16.5. The summed E-state index contributed by atoms with van der Waals surface area (Å²) in [4.78, 5) is 14.8. The molecule has 3 heteroatoms. The number of carbonyl (C=O) groups excluding carboxylic acids is 1. The van der Waals surface area contributed by atoms with Crippen LogP contribution >= 0.6 is 0 Å². The molecule has 0 fully saturated rings. The molecule has 0 bridgehead atoms. The lowest BCUT2D eigenvalue weighted by atomic mass is 9.81. The van der Waals surface area contributed by atoms with Crippen molar-refractivity contribution in [2.45, 2.75) is 33.1 Å². The van der Waals surface area contributed by atoms with Crippen molar-refractivity contribution in [2.24, 2.45) is 10.4 Å². The number of methoxy groups -OCH3 is 1. The molecule has 1 heterocycles. The van der Waals surface area contributed by atoms with Gasteiger partial charge in [0.2, 0.25) is 5.91 Å². The summed E-state index contributed by atoms with van der Waals surface area (Å²) in [6, 6.07) is 0. The fourth-order valence-electron chi connectivity index (χ4n) is 1.41. The molecule has 0 spiro atoms. The van der Waals surface area contributed by atoms with Crippen LogP contribution in [0.4, 0.5) is 0 Å². The lowest BCUT2D eigenvalue weighted by Gasteiger charge is -2.30. The van der Waals surface area contributed by atoms with Gasteiger partial charge in [0.15, 0.2) is 5.90 Å². The minimum atomic E-state index is -0.0576. The van der Waals surface area contributed by atoms with Crippen LogP contribution in [-0.2, 0) is 9.53 Å². The Morgan fingerprint density at radius 2 is 2.33 bits per heavy atom. The summed E-state index contributed by atoms with van der Waals surface area (Å²) in [6.07, 6.45) is 2.37. The van der Waals surface area contributed by atoms with Crippen LogP contribution in [0.5, 0.6) is 0 Å². The average Bonchev–Trinajstić information content (AvgIpc) is 2.09. The molecule has 0 aromatic carbocycles. The molecule has 0 aromatic rings. The van der Waals surface area contributed by atoms with Crippen LogP contribution in [0.1, 0.15) is 33.1 Å². The first kappa shape index (κ1) is 9.23. The van der Waals surface area contributed by atoms with E-state index in [0.29, 0.717) is 12.3 Å². The summed E-state index contributed by atoms with van der Waals surface area (Å²) in [5.41, 5.74) is -0.0251. The summed E-state index contributed by atoms with van der Waals surface area (Å²) in [5, 5.41) is 0. The van der Waals surface area contributed by atoms with E-state index < -0.39 is 0 Å². The zero-order valence-electron chi connectivity index (χ0n) is 7.89. The predicted molar refractivity (Wildman–Crippen MR) is 47.1 cm³/mol. The molecule has 68 valence electrons. The van der Waals surface area contributed by atoms with Crippen molar-refractivity contribution in [3.8, 4) is 0 Å². The maximum absolute atomic E-state index is 11.0. The molecule has 1 atom stereocenters. The number of carbonyl (C=O) groups is 1. The van der Waals surface area contributed by atoms with Crippen molar-refractivity contribution >= 4 is 11.8 Å². The third-order valence-corrected chi connectivity index (χ3v) is 2.61. The van der Waals surface area contributed by atoms with Gasteiger partial charge in [-0.2, -0.15) is 4.99 Å². The Hall–Kier alpha value is -0.860. The lowest BCUT2D eigenvalue weighted by molar-refractivity contribution is -0.119. The quantitative estimate of drug-likeness (QED) is 0.600. The molecular weight excluding hydrogens is 154 g/mol. The highest BCUT2D eigenvalue weighted by Gasteiger charge is 2.34. The molecular formula is C9H15NO2. The molecule has 0 N–H and O–H groups in total. The summed E-state index contributed by atoms with van der Waals surface area (Å²) < 4.78 is 5.10. The van der Waals surface area contributed by atoms with Crippen LogP contribution in [-0.4, -0.2) is 18.9 Å². The van der Waals surface area contributed by atoms with Crippen LogP contribution in [0, 0.1) is 5.41 Å². The van der Waals surface area contributed by atoms with Crippen LogP contribution in [0.25, 0.3) is 0 Å². The van der Waals surface area contributed by atoms with Gasteiger partial charge in [0.1, 0.15) is 0 Å². The van der Waals surface area contributed by atoms with E-state index in [1.54, 1.807) is 7.11 Å². The van der Waals surface area contributed by atoms with E-state index >= 15 is 0 Å². The van der Waals surface area contributed by atoms with Gasteiger partial charge in [-0.05, 0) is 12.8 Å². The van der Waals surface area contributed by atoms with Crippen molar-refractivity contribution in [3.05, 3.63) is 0 Å². The van der Waals surface area contributed by atoms with Crippen molar-refractivity contribution < 1.29 is 9.53 Å². The van der Waals surface area contributed by atoms with Gasteiger partial charge >= 0.3 is 0 Å². The summed E-state index contributed by atoms with van der Waals surface area (Å²) in [7, 11) is 1.57. The molecule has 1 aliphatic heterocycles. The van der Waals surface area contributed by atoms with Gasteiger partial charge in [0.25, 0.3) is 0 Å². The van der Waals surface area contributed by atoms with Gasteiger partial charge in [0, 0.05) is 11.8 Å². The minimum absolute atomic E-state index is 0.0251. The Kier molecular flexibility index (Phi) is 2.50. The highest BCUT2D eigenvalue weighted by Crippen LogP contribution is 2.32. The van der Waals surface area contributed by atoms with Crippen molar-refractivity contribution in [3.63, 3.8) is 0 Å². The fourth-order valence-corrected chi connectivity index (χ4v) is 1.41. The van der Waals surface area contributed by atoms with Crippen molar-refractivity contribution in [1.29, 1.82) is 0 Å². The second-order valence-electron chi connectivity index (χ2n) is 3.43. The molecule has 12 heavy (non-hydrogen) atoms.